The van der Waals surface area contributed by atoms with Gasteiger partial charge in [-0.2, -0.15) is 0 Å². The van der Waals surface area contributed by atoms with E-state index in [2.05, 4.69) is 40.8 Å². The van der Waals surface area contributed by atoms with Crippen LogP contribution in [0.5, 0.6) is 0 Å². The Balaban J connectivity index is 1.56. The lowest BCUT2D eigenvalue weighted by Gasteiger charge is -2.35. The minimum atomic E-state index is 0.0997. The maximum Gasteiger partial charge on any atom is 0.217 e. The number of hydrogen-bond donors (Lipinski definition) is 2. The lowest BCUT2D eigenvalue weighted by molar-refractivity contribution is -0.119. The average molecular weight is 301 g/mol. The lowest BCUT2D eigenvalue weighted by Crippen LogP contribution is -2.42. The Bertz CT molecular complexity index is 535. The summed E-state index contributed by atoms with van der Waals surface area (Å²) in [6.07, 6.45) is 5.68. The molecule has 2 aliphatic rings. The molecule has 1 aliphatic carbocycles. The van der Waals surface area contributed by atoms with Crippen molar-refractivity contribution in [1.82, 2.24) is 10.2 Å². The predicted molar refractivity (Wildman–Crippen MR) is 90.0 cm³/mol. The number of hydrogen-bond acceptors (Lipinski definition) is 3. The standard InChI is InChI=1S/C18H27N3O/c1-13(22)20-16-6-8-17(9-7-16)21(2)12-15-5-3-4-14-10-11-19-18(14)15/h3-5,16-17,19H,6-12H2,1-2H3,(H,20,22). The van der Waals surface area contributed by atoms with Crippen LogP contribution in [0.15, 0.2) is 18.2 Å². The van der Waals surface area contributed by atoms with E-state index in [-0.39, 0.29) is 5.91 Å². The molecule has 1 saturated carbocycles. The first-order valence-electron chi connectivity index (χ1n) is 8.45. The molecule has 1 aliphatic heterocycles. The molecule has 22 heavy (non-hydrogen) atoms. The molecule has 0 radical (unpaired) electrons. The Morgan fingerprint density at radius 1 is 1.32 bits per heavy atom. The van der Waals surface area contributed by atoms with Gasteiger partial charge in [0.2, 0.25) is 5.91 Å². The third-order valence-corrected chi connectivity index (χ3v) is 5.08. The van der Waals surface area contributed by atoms with Crippen LogP contribution in [0.1, 0.15) is 43.7 Å². The highest BCUT2D eigenvalue weighted by atomic mass is 16.1. The van der Waals surface area contributed by atoms with Gasteiger partial charge in [-0.15, -0.1) is 0 Å². The SMILES string of the molecule is CC(=O)NC1CCC(N(C)Cc2cccc3c2NCC3)CC1. The number of rotatable bonds is 4. The van der Waals surface area contributed by atoms with Crippen LogP contribution in [-0.2, 0) is 17.8 Å². The highest BCUT2D eigenvalue weighted by Crippen LogP contribution is 2.29. The van der Waals surface area contributed by atoms with Gasteiger partial charge in [-0.3, -0.25) is 9.69 Å². The quantitative estimate of drug-likeness (QED) is 0.898. The number of para-hydroxylation sites is 1. The normalized spacial score (nSPS) is 24.0. The van der Waals surface area contributed by atoms with Crippen molar-refractivity contribution in [1.29, 1.82) is 0 Å². The van der Waals surface area contributed by atoms with Crippen molar-refractivity contribution in [3.63, 3.8) is 0 Å². The Morgan fingerprint density at radius 3 is 2.82 bits per heavy atom. The van der Waals surface area contributed by atoms with Gasteiger partial charge in [0.25, 0.3) is 0 Å². The molecule has 1 aromatic carbocycles. The molecule has 1 amide bonds. The second kappa shape index (κ2) is 6.69. The number of carbonyl (C=O) groups is 1. The van der Waals surface area contributed by atoms with Gasteiger partial charge >= 0.3 is 0 Å². The zero-order chi connectivity index (χ0) is 15.5. The smallest absolute Gasteiger partial charge is 0.217 e. The van der Waals surface area contributed by atoms with E-state index in [1.807, 2.05) is 0 Å². The minimum Gasteiger partial charge on any atom is -0.384 e. The number of nitrogens with zero attached hydrogens (tertiary/aromatic N) is 1. The lowest BCUT2D eigenvalue weighted by atomic mass is 9.90. The third kappa shape index (κ3) is 3.43. The van der Waals surface area contributed by atoms with E-state index in [1.54, 1.807) is 6.92 Å². The van der Waals surface area contributed by atoms with Gasteiger partial charge in [0, 0.05) is 37.8 Å². The molecule has 0 spiro atoms. The third-order valence-electron chi connectivity index (χ3n) is 5.08. The molecule has 1 fully saturated rings. The summed E-state index contributed by atoms with van der Waals surface area (Å²) in [5.41, 5.74) is 4.24. The van der Waals surface area contributed by atoms with Crippen molar-refractivity contribution in [3.05, 3.63) is 29.3 Å². The summed E-state index contributed by atoms with van der Waals surface area (Å²) in [7, 11) is 2.23. The van der Waals surface area contributed by atoms with Crippen LogP contribution in [-0.4, -0.2) is 36.5 Å². The first kappa shape index (κ1) is 15.3. The molecule has 0 unspecified atom stereocenters. The van der Waals surface area contributed by atoms with Gasteiger partial charge in [-0.05, 0) is 50.3 Å². The van der Waals surface area contributed by atoms with Gasteiger partial charge in [0.1, 0.15) is 0 Å². The van der Waals surface area contributed by atoms with Gasteiger partial charge in [0.15, 0.2) is 0 Å². The highest BCUT2D eigenvalue weighted by molar-refractivity contribution is 5.73. The fourth-order valence-corrected chi connectivity index (χ4v) is 3.89. The van der Waals surface area contributed by atoms with Crippen molar-refractivity contribution < 1.29 is 4.79 Å². The van der Waals surface area contributed by atoms with Crippen LogP contribution >= 0.6 is 0 Å². The van der Waals surface area contributed by atoms with Crippen LogP contribution in [0.2, 0.25) is 0 Å². The van der Waals surface area contributed by atoms with Crippen molar-refractivity contribution in [2.75, 3.05) is 18.9 Å². The van der Waals surface area contributed by atoms with E-state index < -0.39 is 0 Å². The second-order valence-corrected chi connectivity index (χ2v) is 6.75. The van der Waals surface area contributed by atoms with Gasteiger partial charge in [-0.25, -0.2) is 0 Å². The summed E-state index contributed by atoms with van der Waals surface area (Å²) in [5.74, 6) is 0.0997. The largest absolute Gasteiger partial charge is 0.384 e. The van der Waals surface area contributed by atoms with Crippen LogP contribution in [0, 0.1) is 0 Å². The topological polar surface area (TPSA) is 44.4 Å². The number of fused-ring (bicyclic) bond motifs is 1. The van der Waals surface area contributed by atoms with Crippen LogP contribution in [0.3, 0.4) is 0 Å². The molecule has 1 heterocycles. The van der Waals surface area contributed by atoms with Crippen molar-refractivity contribution in [2.45, 2.75) is 57.7 Å². The fraction of sp³-hybridized carbons (Fsp3) is 0.611. The molecule has 0 atom stereocenters. The molecule has 120 valence electrons. The molecule has 0 bridgehead atoms. The number of benzene rings is 1. The van der Waals surface area contributed by atoms with Crippen molar-refractivity contribution >= 4 is 11.6 Å². The number of anilines is 1. The van der Waals surface area contributed by atoms with E-state index in [0.29, 0.717) is 12.1 Å². The molecule has 2 N–H and O–H groups in total. The molecular weight excluding hydrogens is 274 g/mol. The number of carbonyl (C=O) groups excluding carboxylic acids is 1. The Kier molecular flexibility index (Phi) is 4.67. The summed E-state index contributed by atoms with van der Waals surface area (Å²) in [6, 6.07) is 7.67. The van der Waals surface area contributed by atoms with Crippen LogP contribution in [0.4, 0.5) is 5.69 Å². The zero-order valence-electron chi connectivity index (χ0n) is 13.7. The number of nitrogens with one attached hydrogen (secondary N) is 2. The predicted octanol–water partition coefficient (Wildman–Crippen LogP) is 2.53. The molecule has 4 nitrogen and oxygen atoms in total. The Morgan fingerprint density at radius 2 is 2.09 bits per heavy atom. The average Bonchev–Trinajstić information content (AvgIpc) is 2.97. The molecule has 0 saturated heterocycles. The maximum absolute atomic E-state index is 11.1. The van der Waals surface area contributed by atoms with E-state index in [1.165, 1.54) is 29.7 Å². The van der Waals surface area contributed by atoms with Crippen molar-refractivity contribution in [2.24, 2.45) is 0 Å². The summed E-state index contributed by atoms with van der Waals surface area (Å²) < 4.78 is 0. The first-order valence-corrected chi connectivity index (χ1v) is 8.45. The molecule has 0 aromatic heterocycles. The summed E-state index contributed by atoms with van der Waals surface area (Å²) in [5, 5.41) is 6.59. The molecule has 3 rings (SSSR count). The van der Waals surface area contributed by atoms with Gasteiger partial charge in [0.05, 0.1) is 0 Å². The number of amides is 1. The summed E-state index contributed by atoms with van der Waals surface area (Å²) >= 11 is 0. The van der Waals surface area contributed by atoms with Crippen LogP contribution < -0.4 is 10.6 Å². The van der Waals surface area contributed by atoms with Gasteiger partial charge in [-0.1, -0.05) is 18.2 Å². The van der Waals surface area contributed by atoms with Crippen molar-refractivity contribution in [3.8, 4) is 0 Å². The maximum atomic E-state index is 11.1. The van der Waals surface area contributed by atoms with E-state index in [0.717, 1.165) is 32.4 Å². The minimum absolute atomic E-state index is 0.0997. The molecular formula is C18H27N3O. The fourth-order valence-electron chi connectivity index (χ4n) is 3.89. The van der Waals surface area contributed by atoms with Gasteiger partial charge < -0.3 is 10.6 Å². The Labute approximate surface area is 133 Å². The highest BCUT2D eigenvalue weighted by Gasteiger charge is 2.25. The molecule has 1 aromatic rings. The zero-order valence-corrected chi connectivity index (χ0v) is 13.7. The van der Waals surface area contributed by atoms with Crippen LogP contribution in [0.25, 0.3) is 0 Å². The van der Waals surface area contributed by atoms with E-state index in [9.17, 15) is 4.79 Å². The van der Waals surface area contributed by atoms with E-state index >= 15 is 0 Å². The monoisotopic (exact) mass is 301 g/mol. The summed E-state index contributed by atoms with van der Waals surface area (Å²) in [6.45, 7) is 3.69. The van der Waals surface area contributed by atoms with E-state index in [4.69, 9.17) is 0 Å². The Hall–Kier alpha value is -1.55. The molecule has 4 heteroatoms. The first-order chi connectivity index (χ1) is 10.6. The summed E-state index contributed by atoms with van der Waals surface area (Å²) in [4.78, 5) is 13.6. The second-order valence-electron chi connectivity index (χ2n) is 6.75.